The lowest BCUT2D eigenvalue weighted by Gasteiger charge is -2.25. The zero-order valence-electron chi connectivity index (χ0n) is 8.85. The van der Waals surface area contributed by atoms with Crippen LogP contribution < -0.4 is 5.32 Å². The first-order chi connectivity index (χ1) is 6.97. The molecule has 1 rings (SSSR count). The minimum Gasteiger partial charge on any atom is -0.381 e. The number of nitrogens with one attached hydrogen (secondary N) is 1. The van der Waals surface area contributed by atoms with E-state index in [1.165, 1.54) is 0 Å². The van der Waals surface area contributed by atoms with Gasteiger partial charge in [-0.15, -0.1) is 0 Å². The third-order valence-corrected chi connectivity index (χ3v) is 3.12. The van der Waals surface area contributed by atoms with Gasteiger partial charge < -0.3 is 5.11 Å². The molecule has 0 heterocycles. The first kappa shape index (κ1) is 12.8. The summed E-state index contributed by atoms with van der Waals surface area (Å²) in [6, 6.07) is 5.61. The third kappa shape index (κ3) is 3.35. The van der Waals surface area contributed by atoms with Crippen molar-refractivity contribution < 1.29 is 5.11 Å². The summed E-state index contributed by atoms with van der Waals surface area (Å²) in [4.78, 5) is 0. The fourth-order valence-electron chi connectivity index (χ4n) is 1.39. The molecule has 2 N–H and O–H groups in total. The molecule has 84 valence electrons. The van der Waals surface area contributed by atoms with Crippen molar-refractivity contribution in [2.24, 2.45) is 0 Å². The second kappa shape index (κ2) is 5.17. The number of hydrogen-bond acceptors (Lipinski definition) is 2. The molecule has 0 saturated heterocycles. The first-order valence-corrected chi connectivity index (χ1v) is 5.50. The summed E-state index contributed by atoms with van der Waals surface area (Å²) in [5, 5.41) is 12.7. The van der Waals surface area contributed by atoms with Crippen LogP contribution in [0.2, 0.25) is 10.0 Å². The molecule has 4 heteroatoms. The van der Waals surface area contributed by atoms with E-state index in [4.69, 9.17) is 28.3 Å². The lowest BCUT2D eigenvalue weighted by atomic mass is 9.85. The van der Waals surface area contributed by atoms with Crippen LogP contribution in [0.1, 0.15) is 19.4 Å². The number of benzene rings is 1. The summed E-state index contributed by atoms with van der Waals surface area (Å²) in [5.41, 5.74) is 1.01. The Balaban J connectivity index is 2.89. The van der Waals surface area contributed by atoms with E-state index in [1.54, 1.807) is 6.07 Å². The van der Waals surface area contributed by atoms with Gasteiger partial charge in [0.15, 0.2) is 0 Å². The predicted octanol–water partition coefficient (Wildman–Crippen LogP) is 2.81. The number of aliphatic hydroxyl groups is 1. The van der Waals surface area contributed by atoms with Crippen molar-refractivity contribution in [3.63, 3.8) is 0 Å². The zero-order valence-corrected chi connectivity index (χ0v) is 10.4. The molecule has 0 unspecified atom stereocenters. The highest BCUT2D eigenvalue weighted by molar-refractivity contribution is 6.42. The van der Waals surface area contributed by atoms with Gasteiger partial charge >= 0.3 is 0 Å². The molecule has 0 atom stereocenters. The van der Waals surface area contributed by atoms with Gasteiger partial charge in [0.2, 0.25) is 0 Å². The molecule has 0 aliphatic rings. The predicted molar refractivity (Wildman–Crippen MR) is 64.6 cm³/mol. The number of halogens is 2. The maximum absolute atomic E-state index is 8.72. The Morgan fingerprint density at radius 1 is 1.27 bits per heavy atom. The van der Waals surface area contributed by atoms with Crippen molar-refractivity contribution >= 4 is 23.2 Å². The Bertz CT molecular complexity index is 339. The van der Waals surface area contributed by atoms with Crippen LogP contribution in [-0.2, 0) is 5.41 Å². The Kier molecular flexibility index (Phi) is 4.41. The van der Waals surface area contributed by atoms with Gasteiger partial charge in [-0.05, 0) is 17.7 Å². The molecule has 0 radical (unpaired) electrons. The highest BCUT2D eigenvalue weighted by Gasteiger charge is 2.20. The molecule has 0 aromatic heterocycles. The van der Waals surface area contributed by atoms with Gasteiger partial charge in [-0.3, -0.25) is 5.32 Å². The number of hydrogen-bond donors (Lipinski definition) is 2. The van der Waals surface area contributed by atoms with Crippen LogP contribution in [0.5, 0.6) is 0 Å². The van der Waals surface area contributed by atoms with Crippen molar-refractivity contribution in [2.45, 2.75) is 19.3 Å². The van der Waals surface area contributed by atoms with E-state index in [0.29, 0.717) is 16.6 Å². The standard InChI is InChI=1S/C11H15Cl2NO/c1-11(2,6-14-7-15)8-3-4-9(12)10(13)5-8/h3-5,14-15H,6-7H2,1-2H3. The van der Waals surface area contributed by atoms with Gasteiger partial charge in [0, 0.05) is 12.0 Å². The first-order valence-electron chi connectivity index (χ1n) is 4.74. The Morgan fingerprint density at radius 3 is 2.47 bits per heavy atom. The average Bonchev–Trinajstić information content (AvgIpc) is 2.19. The van der Waals surface area contributed by atoms with Crippen LogP contribution in [0.4, 0.5) is 0 Å². The topological polar surface area (TPSA) is 32.3 Å². The Morgan fingerprint density at radius 2 is 1.93 bits per heavy atom. The second-order valence-electron chi connectivity index (χ2n) is 4.10. The maximum Gasteiger partial charge on any atom is 0.0931 e. The van der Waals surface area contributed by atoms with Crippen molar-refractivity contribution in [2.75, 3.05) is 13.3 Å². The Hall–Kier alpha value is -0.280. The van der Waals surface area contributed by atoms with Crippen LogP contribution in [0, 0.1) is 0 Å². The summed E-state index contributed by atoms with van der Waals surface area (Å²) in [6.45, 7) is 4.82. The summed E-state index contributed by atoms with van der Waals surface area (Å²) >= 11 is 11.8. The van der Waals surface area contributed by atoms with Crippen LogP contribution >= 0.6 is 23.2 Å². The highest BCUT2D eigenvalue weighted by atomic mass is 35.5. The molecule has 0 spiro atoms. The fourth-order valence-corrected chi connectivity index (χ4v) is 1.69. The molecule has 1 aromatic rings. The SMILES string of the molecule is CC(C)(CNCO)c1ccc(Cl)c(Cl)c1. The van der Waals surface area contributed by atoms with E-state index in [-0.39, 0.29) is 12.1 Å². The average molecular weight is 248 g/mol. The minimum atomic E-state index is -0.0864. The summed E-state index contributed by atoms with van der Waals surface area (Å²) < 4.78 is 0. The molecule has 0 aliphatic carbocycles. The van der Waals surface area contributed by atoms with Gasteiger partial charge in [-0.25, -0.2) is 0 Å². The van der Waals surface area contributed by atoms with Gasteiger partial charge in [-0.1, -0.05) is 43.1 Å². The largest absolute Gasteiger partial charge is 0.381 e. The zero-order chi connectivity index (χ0) is 11.5. The van der Waals surface area contributed by atoms with Gasteiger partial charge in [0.25, 0.3) is 0 Å². The van der Waals surface area contributed by atoms with E-state index in [2.05, 4.69) is 19.2 Å². The molecule has 15 heavy (non-hydrogen) atoms. The van der Waals surface area contributed by atoms with E-state index in [0.717, 1.165) is 5.56 Å². The fraction of sp³-hybridized carbons (Fsp3) is 0.455. The van der Waals surface area contributed by atoms with Crippen molar-refractivity contribution in [3.8, 4) is 0 Å². The van der Waals surface area contributed by atoms with Crippen LogP contribution in [0.25, 0.3) is 0 Å². The van der Waals surface area contributed by atoms with E-state index in [9.17, 15) is 0 Å². The Labute approximate surface area is 100 Å². The molecule has 0 bridgehead atoms. The second-order valence-corrected chi connectivity index (χ2v) is 4.91. The van der Waals surface area contributed by atoms with E-state index in [1.807, 2.05) is 12.1 Å². The van der Waals surface area contributed by atoms with Crippen LogP contribution in [-0.4, -0.2) is 18.4 Å². The molecule has 0 aliphatic heterocycles. The van der Waals surface area contributed by atoms with Gasteiger partial charge in [-0.2, -0.15) is 0 Å². The molecule has 2 nitrogen and oxygen atoms in total. The van der Waals surface area contributed by atoms with E-state index >= 15 is 0 Å². The van der Waals surface area contributed by atoms with Crippen molar-refractivity contribution in [1.29, 1.82) is 0 Å². The normalized spacial score (nSPS) is 11.8. The van der Waals surface area contributed by atoms with Crippen LogP contribution in [0.15, 0.2) is 18.2 Å². The molecule has 0 saturated carbocycles. The minimum absolute atomic E-state index is 0.0231. The number of aliphatic hydroxyl groups excluding tert-OH is 1. The monoisotopic (exact) mass is 247 g/mol. The summed E-state index contributed by atoms with van der Waals surface area (Å²) in [6.07, 6.45) is 0. The molecule has 1 aromatic carbocycles. The van der Waals surface area contributed by atoms with Gasteiger partial charge in [0.05, 0.1) is 16.8 Å². The molecular weight excluding hydrogens is 233 g/mol. The highest BCUT2D eigenvalue weighted by Crippen LogP contribution is 2.29. The van der Waals surface area contributed by atoms with Crippen molar-refractivity contribution in [3.05, 3.63) is 33.8 Å². The third-order valence-electron chi connectivity index (χ3n) is 2.38. The lowest BCUT2D eigenvalue weighted by Crippen LogP contribution is -2.33. The van der Waals surface area contributed by atoms with Crippen LogP contribution in [0.3, 0.4) is 0 Å². The van der Waals surface area contributed by atoms with E-state index < -0.39 is 0 Å². The smallest absolute Gasteiger partial charge is 0.0931 e. The lowest BCUT2D eigenvalue weighted by molar-refractivity contribution is 0.247. The summed E-state index contributed by atoms with van der Waals surface area (Å²) in [7, 11) is 0. The quantitative estimate of drug-likeness (QED) is 0.803. The van der Waals surface area contributed by atoms with Gasteiger partial charge in [0.1, 0.15) is 0 Å². The maximum atomic E-state index is 8.72. The summed E-state index contributed by atoms with van der Waals surface area (Å²) in [5.74, 6) is 0. The van der Waals surface area contributed by atoms with Crippen molar-refractivity contribution in [1.82, 2.24) is 5.32 Å². The number of rotatable bonds is 4. The molecule has 0 fully saturated rings. The molecular formula is C11H15Cl2NO. The molecule has 0 amide bonds.